The third-order valence-corrected chi connectivity index (χ3v) is 10.2. The molecule has 35 heavy (non-hydrogen) atoms. The quantitative estimate of drug-likeness (QED) is 0.317. The maximum atomic E-state index is 13.9. The van der Waals surface area contributed by atoms with E-state index in [1.807, 2.05) is 13.8 Å². The zero-order chi connectivity index (χ0) is 25.4. The Kier molecular flexibility index (Phi) is 5.90. The van der Waals surface area contributed by atoms with Crippen LogP contribution in [0.15, 0.2) is 46.6 Å². The van der Waals surface area contributed by atoms with Crippen LogP contribution in [0.3, 0.4) is 0 Å². The largest absolute Gasteiger partial charge is 0.457 e. The van der Waals surface area contributed by atoms with Crippen molar-refractivity contribution in [3.8, 4) is 0 Å². The second-order valence-electron chi connectivity index (χ2n) is 11.1. The molecule has 5 rings (SSSR count). The first kappa shape index (κ1) is 25.1. The van der Waals surface area contributed by atoms with Crippen molar-refractivity contribution in [2.75, 3.05) is 0 Å². The predicted octanol–water partition coefficient (Wildman–Crippen LogP) is 6.67. The SMILES string of the molecule is CC1C[C@H]2[C@@H]3CCC4=CC(=O)C=C[C@]4(C)[C@H]3CC[C@]2(C)[C@@]1(OC(=O)c1ccco1)C(=O)C(Cl)(Cl)Cl. The highest BCUT2D eigenvalue weighted by atomic mass is 35.6. The van der Waals surface area contributed by atoms with Crippen molar-refractivity contribution in [2.45, 2.75) is 62.3 Å². The number of fused-ring (bicyclic) bond motifs is 5. The van der Waals surface area contributed by atoms with Gasteiger partial charge in [0.15, 0.2) is 11.4 Å². The van der Waals surface area contributed by atoms with Gasteiger partial charge in [0, 0.05) is 16.7 Å². The molecule has 1 aromatic rings. The molecule has 0 N–H and O–H groups in total. The van der Waals surface area contributed by atoms with Gasteiger partial charge in [-0.1, -0.05) is 67.2 Å². The van der Waals surface area contributed by atoms with Crippen molar-refractivity contribution in [2.24, 2.45) is 34.5 Å². The zero-order valence-corrected chi connectivity index (χ0v) is 22.3. The van der Waals surface area contributed by atoms with Crippen molar-refractivity contribution in [3.63, 3.8) is 0 Å². The minimum absolute atomic E-state index is 0.00592. The zero-order valence-electron chi connectivity index (χ0n) is 20.0. The second-order valence-corrected chi connectivity index (χ2v) is 13.4. The van der Waals surface area contributed by atoms with E-state index in [2.05, 4.69) is 13.0 Å². The molecule has 8 heteroatoms. The van der Waals surface area contributed by atoms with Gasteiger partial charge >= 0.3 is 5.97 Å². The highest BCUT2D eigenvalue weighted by molar-refractivity contribution is 6.76. The van der Waals surface area contributed by atoms with Gasteiger partial charge in [-0.2, -0.15) is 0 Å². The molecule has 0 bridgehead atoms. The molecule has 4 aliphatic rings. The number of esters is 1. The summed E-state index contributed by atoms with van der Waals surface area (Å²) in [6.07, 6.45) is 10.8. The number of carbonyl (C=O) groups excluding carboxylic acids is 3. The third-order valence-electron chi connectivity index (χ3n) is 9.67. The molecule has 0 aromatic carbocycles. The molecule has 5 nitrogen and oxygen atoms in total. The summed E-state index contributed by atoms with van der Waals surface area (Å²) < 4.78 is 9.15. The normalized spacial score (nSPS) is 40.4. The average molecular weight is 540 g/mol. The molecule has 1 aromatic heterocycles. The molecule has 0 aliphatic heterocycles. The van der Waals surface area contributed by atoms with E-state index in [-0.39, 0.29) is 34.7 Å². The number of rotatable bonds is 3. The number of allylic oxidation sites excluding steroid dienone is 4. The Bertz CT molecular complexity index is 1130. The predicted molar refractivity (Wildman–Crippen MR) is 133 cm³/mol. The minimum Gasteiger partial charge on any atom is -0.457 e. The molecule has 0 saturated heterocycles. The number of halogens is 3. The number of hydrogen-bond acceptors (Lipinski definition) is 5. The second kappa shape index (κ2) is 8.22. The summed E-state index contributed by atoms with van der Waals surface area (Å²) in [5.41, 5.74) is -1.33. The number of ether oxygens (including phenoxy) is 1. The highest BCUT2D eigenvalue weighted by Crippen LogP contribution is 2.70. The molecular weight excluding hydrogens is 511 g/mol. The Hall–Kier alpha value is -1.56. The van der Waals surface area contributed by atoms with Crippen LogP contribution in [0.2, 0.25) is 0 Å². The standard InChI is InChI=1S/C27H29Cl3O5/c1-15-13-20-18-7-6-16-14-17(31)8-10-24(16,2)19(18)9-11-25(20,3)26(15,23(33)27(28,29)30)35-22(32)21-5-4-12-34-21/h4-5,8,10,12,14-15,18-20H,6-7,9,11,13H2,1-3H3/t15?,18-,19+,20+,24+,25+,26+/m1/s1. The van der Waals surface area contributed by atoms with Crippen LogP contribution in [0.25, 0.3) is 0 Å². The van der Waals surface area contributed by atoms with Crippen LogP contribution in [0.1, 0.15) is 63.4 Å². The lowest BCUT2D eigenvalue weighted by molar-refractivity contribution is -0.168. The maximum Gasteiger partial charge on any atom is 0.375 e. The van der Waals surface area contributed by atoms with Crippen molar-refractivity contribution < 1.29 is 23.5 Å². The van der Waals surface area contributed by atoms with E-state index in [9.17, 15) is 14.4 Å². The van der Waals surface area contributed by atoms with Crippen molar-refractivity contribution >= 4 is 52.3 Å². The van der Waals surface area contributed by atoms with E-state index in [1.54, 1.807) is 18.2 Å². The fraction of sp³-hybridized carbons (Fsp3) is 0.593. The number of carbonyl (C=O) groups is 3. The molecule has 7 atom stereocenters. The van der Waals surface area contributed by atoms with Gasteiger partial charge in [0.2, 0.25) is 11.5 Å². The lowest BCUT2D eigenvalue weighted by Crippen LogP contribution is -2.63. The number of alkyl halides is 3. The molecule has 4 aliphatic carbocycles. The lowest BCUT2D eigenvalue weighted by Gasteiger charge is -2.58. The van der Waals surface area contributed by atoms with Crippen LogP contribution >= 0.6 is 34.8 Å². The maximum absolute atomic E-state index is 13.9. The monoisotopic (exact) mass is 538 g/mol. The van der Waals surface area contributed by atoms with Gasteiger partial charge in [0.1, 0.15) is 0 Å². The first-order chi connectivity index (χ1) is 16.3. The van der Waals surface area contributed by atoms with Crippen molar-refractivity contribution in [1.82, 2.24) is 0 Å². The van der Waals surface area contributed by atoms with Crippen molar-refractivity contribution in [3.05, 3.63) is 48.0 Å². The lowest BCUT2D eigenvalue weighted by atomic mass is 9.47. The summed E-state index contributed by atoms with van der Waals surface area (Å²) in [7, 11) is 0. The summed E-state index contributed by atoms with van der Waals surface area (Å²) >= 11 is 18.6. The van der Waals surface area contributed by atoms with E-state index in [1.165, 1.54) is 17.9 Å². The smallest absolute Gasteiger partial charge is 0.375 e. The summed E-state index contributed by atoms with van der Waals surface area (Å²) in [6, 6.07) is 3.09. The molecular formula is C27H29Cl3O5. The van der Waals surface area contributed by atoms with Gasteiger partial charge < -0.3 is 9.15 Å². The molecule has 0 spiro atoms. The number of ketones is 2. The number of furan rings is 1. The van der Waals surface area contributed by atoms with Crippen LogP contribution in [-0.2, 0) is 14.3 Å². The topological polar surface area (TPSA) is 73.6 Å². The van der Waals surface area contributed by atoms with Gasteiger partial charge in [-0.15, -0.1) is 0 Å². The Morgan fingerprint density at radius 1 is 1.17 bits per heavy atom. The van der Waals surface area contributed by atoms with E-state index in [4.69, 9.17) is 44.0 Å². The molecule has 3 fully saturated rings. The summed E-state index contributed by atoms with van der Waals surface area (Å²) in [5.74, 6) is -1.05. The van der Waals surface area contributed by atoms with Gasteiger partial charge in [-0.05, 0) is 74.1 Å². The molecule has 0 radical (unpaired) electrons. The van der Waals surface area contributed by atoms with Crippen LogP contribution < -0.4 is 0 Å². The van der Waals surface area contributed by atoms with Gasteiger partial charge in [-0.25, -0.2) is 4.79 Å². The number of hydrogen-bond donors (Lipinski definition) is 0. The van der Waals surface area contributed by atoms with E-state index < -0.39 is 26.6 Å². The Morgan fingerprint density at radius 3 is 2.57 bits per heavy atom. The van der Waals surface area contributed by atoms with E-state index >= 15 is 0 Å². The van der Waals surface area contributed by atoms with Gasteiger partial charge in [-0.3, -0.25) is 9.59 Å². The van der Waals surface area contributed by atoms with Gasteiger partial charge in [0.05, 0.1) is 6.26 Å². The Labute approximate surface area is 220 Å². The number of Topliss-reactive ketones (excluding diaryl/α,β-unsaturated/α-hetero) is 1. The van der Waals surface area contributed by atoms with Crippen LogP contribution in [0, 0.1) is 34.5 Å². The minimum atomic E-state index is -2.24. The van der Waals surface area contributed by atoms with E-state index in [0.717, 1.165) is 19.3 Å². The van der Waals surface area contributed by atoms with Gasteiger partial charge in [0.25, 0.3) is 3.79 Å². The van der Waals surface area contributed by atoms with Crippen molar-refractivity contribution in [1.29, 1.82) is 0 Å². The molecule has 1 heterocycles. The fourth-order valence-electron chi connectivity index (χ4n) is 8.07. The molecule has 188 valence electrons. The van der Waals surface area contributed by atoms with Crippen LogP contribution in [0.4, 0.5) is 0 Å². The summed E-state index contributed by atoms with van der Waals surface area (Å²) in [4.78, 5) is 39.1. The van der Waals surface area contributed by atoms with Crippen LogP contribution in [-0.4, -0.2) is 26.9 Å². The highest BCUT2D eigenvalue weighted by Gasteiger charge is 2.73. The summed E-state index contributed by atoms with van der Waals surface area (Å²) in [5, 5.41) is 0. The fourth-order valence-corrected chi connectivity index (χ4v) is 8.49. The summed E-state index contributed by atoms with van der Waals surface area (Å²) in [6.45, 7) is 6.16. The molecule has 0 amide bonds. The first-order valence-corrected chi connectivity index (χ1v) is 13.3. The molecule has 1 unspecified atom stereocenters. The molecule has 3 saturated carbocycles. The average Bonchev–Trinajstić information content (AvgIpc) is 3.40. The Balaban J connectivity index is 1.57. The van der Waals surface area contributed by atoms with Crippen LogP contribution in [0.5, 0.6) is 0 Å². The Morgan fingerprint density at radius 2 is 1.91 bits per heavy atom. The first-order valence-electron chi connectivity index (χ1n) is 12.2. The van der Waals surface area contributed by atoms with E-state index in [0.29, 0.717) is 18.8 Å². The third kappa shape index (κ3) is 3.52.